The predicted octanol–water partition coefficient (Wildman–Crippen LogP) is 0.768. The fraction of sp³-hybridized carbons (Fsp3) is 0.385. The Balaban J connectivity index is 1.99. The van der Waals surface area contributed by atoms with E-state index < -0.39 is 10.0 Å². The molecule has 0 radical (unpaired) electrons. The van der Waals surface area contributed by atoms with Crippen LogP contribution >= 0.6 is 0 Å². The fourth-order valence-corrected chi connectivity index (χ4v) is 2.91. The number of hydrogen-bond acceptors (Lipinski definition) is 5. The van der Waals surface area contributed by atoms with Crippen molar-refractivity contribution in [3.05, 3.63) is 36.3 Å². The SMILES string of the molecule is CCNc1cc(S(=O)(=O)NCCc2cnn(C)c2)ccn1. The number of hydrogen-bond donors (Lipinski definition) is 2. The maximum atomic E-state index is 12.2. The van der Waals surface area contributed by atoms with Crippen LogP contribution < -0.4 is 10.0 Å². The summed E-state index contributed by atoms with van der Waals surface area (Å²) in [6.07, 6.45) is 5.67. The second-order valence-electron chi connectivity index (χ2n) is 4.58. The first-order valence-electron chi connectivity index (χ1n) is 6.68. The van der Waals surface area contributed by atoms with Crippen molar-refractivity contribution < 1.29 is 8.42 Å². The first-order chi connectivity index (χ1) is 10.0. The molecule has 2 heterocycles. The molecule has 0 aliphatic heterocycles. The van der Waals surface area contributed by atoms with Gasteiger partial charge >= 0.3 is 0 Å². The highest BCUT2D eigenvalue weighted by Crippen LogP contribution is 2.12. The molecule has 0 spiro atoms. The van der Waals surface area contributed by atoms with Gasteiger partial charge in [0.15, 0.2) is 0 Å². The van der Waals surface area contributed by atoms with Crippen LogP contribution in [0.2, 0.25) is 0 Å². The third-order valence-electron chi connectivity index (χ3n) is 2.86. The van der Waals surface area contributed by atoms with E-state index in [4.69, 9.17) is 0 Å². The molecule has 2 aromatic heterocycles. The number of pyridine rings is 1. The molecule has 0 saturated carbocycles. The highest BCUT2D eigenvalue weighted by molar-refractivity contribution is 7.89. The van der Waals surface area contributed by atoms with E-state index in [-0.39, 0.29) is 4.90 Å². The van der Waals surface area contributed by atoms with Crippen LogP contribution in [-0.4, -0.2) is 36.3 Å². The standard InChI is InChI=1S/C13H19N5O2S/c1-3-14-13-8-12(5-6-15-13)21(19,20)17-7-4-11-9-16-18(2)10-11/h5-6,8-10,17H,3-4,7H2,1-2H3,(H,14,15). The molecule has 0 amide bonds. The van der Waals surface area contributed by atoms with Crippen molar-refractivity contribution >= 4 is 15.8 Å². The van der Waals surface area contributed by atoms with Gasteiger partial charge in [-0.25, -0.2) is 18.1 Å². The molecule has 0 atom stereocenters. The van der Waals surface area contributed by atoms with Crippen molar-refractivity contribution in [2.75, 3.05) is 18.4 Å². The fourth-order valence-electron chi connectivity index (χ4n) is 1.87. The molecule has 2 N–H and O–H groups in total. The predicted molar refractivity (Wildman–Crippen MR) is 80.5 cm³/mol. The number of anilines is 1. The second-order valence-corrected chi connectivity index (χ2v) is 6.34. The molecular formula is C13H19N5O2S. The first kappa shape index (κ1) is 15.5. The Hall–Kier alpha value is -1.93. The van der Waals surface area contributed by atoms with Crippen LogP contribution in [0.15, 0.2) is 35.6 Å². The summed E-state index contributed by atoms with van der Waals surface area (Å²) < 4.78 is 28.7. The molecule has 0 saturated heterocycles. The van der Waals surface area contributed by atoms with Crippen molar-refractivity contribution in [2.24, 2.45) is 7.05 Å². The third-order valence-corrected chi connectivity index (χ3v) is 4.32. The van der Waals surface area contributed by atoms with Gasteiger partial charge in [-0.2, -0.15) is 5.10 Å². The van der Waals surface area contributed by atoms with Gasteiger partial charge in [-0.05, 0) is 25.0 Å². The molecular weight excluding hydrogens is 290 g/mol. The average molecular weight is 309 g/mol. The molecule has 7 nitrogen and oxygen atoms in total. The lowest BCUT2D eigenvalue weighted by molar-refractivity contribution is 0.581. The molecule has 0 aliphatic rings. The summed E-state index contributed by atoms with van der Waals surface area (Å²) in [4.78, 5) is 4.27. The monoisotopic (exact) mass is 309 g/mol. The summed E-state index contributed by atoms with van der Waals surface area (Å²) in [5.41, 5.74) is 0.989. The normalized spacial score (nSPS) is 11.5. The van der Waals surface area contributed by atoms with E-state index in [1.165, 1.54) is 18.3 Å². The van der Waals surface area contributed by atoms with E-state index >= 15 is 0 Å². The highest BCUT2D eigenvalue weighted by Gasteiger charge is 2.14. The van der Waals surface area contributed by atoms with Crippen LogP contribution in [0.25, 0.3) is 0 Å². The van der Waals surface area contributed by atoms with Gasteiger partial charge in [0.2, 0.25) is 10.0 Å². The summed E-state index contributed by atoms with van der Waals surface area (Å²) in [5.74, 6) is 0.549. The minimum Gasteiger partial charge on any atom is -0.370 e. The van der Waals surface area contributed by atoms with Crippen molar-refractivity contribution in [3.8, 4) is 0 Å². The van der Waals surface area contributed by atoms with Crippen LogP contribution in [0.5, 0.6) is 0 Å². The summed E-state index contributed by atoms with van der Waals surface area (Å²) in [5, 5.41) is 7.04. The third kappa shape index (κ3) is 4.27. The summed E-state index contributed by atoms with van der Waals surface area (Å²) in [6.45, 7) is 2.94. The van der Waals surface area contributed by atoms with Crippen LogP contribution in [-0.2, 0) is 23.5 Å². The van der Waals surface area contributed by atoms with Crippen molar-refractivity contribution in [2.45, 2.75) is 18.2 Å². The number of aromatic nitrogens is 3. The summed E-state index contributed by atoms with van der Waals surface area (Å²) in [7, 11) is -1.70. The zero-order valence-corrected chi connectivity index (χ0v) is 12.9. The number of nitrogens with zero attached hydrogens (tertiary/aromatic N) is 3. The Kier molecular flexibility index (Phi) is 4.92. The minimum atomic E-state index is -3.52. The van der Waals surface area contributed by atoms with Crippen LogP contribution in [0, 0.1) is 0 Å². The molecule has 8 heteroatoms. The maximum absolute atomic E-state index is 12.2. The van der Waals surface area contributed by atoms with Gasteiger partial charge in [0, 0.05) is 38.6 Å². The number of aryl methyl sites for hydroxylation is 1. The Morgan fingerprint density at radius 1 is 1.38 bits per heavy atom. The molecule has 0 aliphatic carbocycles. The van der Waals surface area contributed by atoms with Crippen LogP contribution in [0.1, 0.15) is 12.5 Å². The maximum Gasteiger partial charge on any atom is 0.240 e. The lowest BCUT2D eigenvalue weighted by Crippen LogP contribution is -2.26. The average Bonchev–Trinajstić information content (AvgIpc) is 2.85. The van der Waals surface area contributed by atoms with Crippen LogP contribution in [0.4, 0.5) is 5.82 Å². The topological polar surface area (TPSA) is 88.9 Å². The van der Waals surface area contributed by atoms with E-state index in [0.717, 1.165) is 5.56 Å². The minimum absolute atomic E-state index is 0.208. The van der Waals surface area contributed by atoms with E-state index in [9.17, 15) is 8.42 Å². The van der Waals surface area contributed by atoms with Gasteiger partial charge in [-0.1, -0.05) is 0 Å². The summed E-state index contributed by atoms with van der Waals surface area (Å²) >= 11 is 0. The first-order valence-corrected chi connectivity index (χ1v) is 8.16. The molecule has 114 valence electrons. The Morgan fingerprint density at radius 3 is 2.86 bits per heavy atom. The Labute approximate surface area is 124 Å². The van der Waals surface area contributed by atoms with Crippen molar-refractivity contribution in [3.63, 3.8) is 0 Å². The largest absolute Gasteiger partial charge is 0.370 e. The molecule has 21 heavy (non-hydrogen) atoms. The van der Waals surface area contributed by atoms with Crippen molar-refractivity contribution in [1.82, 2.24) is 19.5 Å². The van der Waals surface area contributed by atoms with E-state index in [1.807, 2.05) is 20.2 Å². The molecule has 0 unspecified atom stereocenters. The quantitative estimate of drug-likeness (QED) is 0.788. The zero-order valence-electron chi connectivity index (χ0n) is 12.1. The molecule has 0 fully saturated rings. The van der Waals surface area contributed by atoms with Gasteiger partial charge in [0.1, 0.15) is 5.82 Å². The molecule has 2 aromatic rings. The van der Waals surface area contributed by atoms with Gasteiger partial charge < -0.3 is 5.32 Å². The molecule has 2 rings (SSSR count). The number of sulfonamides is 1. The van der Waals surface area contributed by atoms with E-state index in [2.05, 4.69) is 20.1 Å². The molecule has 0 bridgehead atoms. The van der Waals surface area contributed by atoms with Gasteiger partial charge in [-0.3, -0.25) is 4.68 Å². The van der Waals surface area contributed by atoms with Gasteiger partial charge in [0.05, 0.1) is 11.1 Å². The molecule has 0 aromatic carbocycles. The van der Waals surface area contributed by atoms with E-state index in [0.29, 0.717) is 25.3 Å². The smallest absolute Gasteiger partial charge is 0.240 e. The van der Waals surface area contributed by atoms with Crippen molar-refractivity contribution in [1.29, 1.82) is 0 Å². The Morgan fingerprint density at radius 2 is 2.19 bits per heavy atom. The van der Waals surface area contributed by atoms with Gasteiger partial charge in [-0.15, -0.1) is 0 Å². The van der Waals surface area contributed by atoms with Gasteiger partial charge in [0.25, 0.3) is 0 Å². The number of nitrogens with one attached hydrogen (secondary N) is 2. The lowest BCUT2D eigenvalue weighted by Gasteiger charge is -2.08. The number of rotatable bonds is 7. The Bertz CT molecular complexity index is 696. The lowest BCUT2D eigenvalue weighted by atomic mass is 10.3. The van der Waals surface area contributed by atoms with Crippen LogP contribution in [0.3, 0.4) is 0 Å². The second kappa shape index (κ2) is 6.68. The zero-order chi connectivity index (χ0) is 15.3. The highest BCUT2D eigenvalue weighted by atomic mass is 32.2. The van der Waals surface area contributed by atoms with E-state index in [1.54, 1.807) is 10.9 Å². The summed E-state index contributed by atoms with van der Waals surface area (Å²) in [6, 6.07) is 3.00.